The van der Waals surface area contributed by atoms with Crippen LogP contribution in [0.15, 0.2) is 66.9 Å². The van der Waals surface area contributed by atoms with Gasteiger partial charge in [-0.1, -0.05) is 54.1 Å². The second-order valence-electron chi connectivity index (χ2n) is 8.10. The second-order valence-corrected chi connectivity index (χ2v) is 8.54. The number of benzene rings is 2. The maximum absolute atomic E-state index is 12.3. The fourth-order valence-electron chi connectivity index (χ4n) is 5.56. The van der Waals surface area contributed by atoms with Gasteiger partial charge in [0.1, 0.15) is 17.5 Å². The molecule has 3 aromatic rings. The van der Waals surface area contributed by atoms with Gasteiger partial charge in [0.05, 0.1) is 23.3 Å². The summed E-state index contributed by atoms with van der Waals surface area (Å²) in [6.07, 6.45) is 1.08. The first kappa shape index (κ1) is 17.9. The highest BCUT2D eigenvalue weighted by Crippen LogP contribution is 2.70. The molecule has 3 aliphatic rings. The van der Waals surface area contributed by atoms with E-state index in [1.54, 1.807) is 18.2 Å². The monoisotopic (exact) mass is 416 g/mol. The number of aromatic nitrogens is 1. The first-order chi connectivity index (χ1) is 14.6. The molecule has 3 heterocycles. The van der Waals surface area contributed by atoms with Crippen LogP contribution in [0.1, 0.15) is 28.3 Å². The van der Waals surface area contributed by atoms with Crippen LogP contribution in [-0.2, 0) is 15.9 Å². The molecule has 1 saturated carbocycles. The van der Waals surface area contributed by atoms with Crippen LogP contribution >= 0.6 is 11.6 Å². The van der Waals surface area contributed by atoms with Gasteiger partial charge in [0.15, 0.2) is 11.2 Å². The van der Waals surface area contributed by atoms with E-state index in [1.165, 1.54) is 6.20 Å². The van der Waals surface area contributed by atoms with Crippen LogP contribution < -0.4 is 4.74 Å². The predicted octanol–water partition coefficient (Wildman–Crippen LogP) is 3.89. The molecular weight excluding hydrogens is 400 g/mol. The van der Waals surface area contributed by atoms with Crippen LogP contribution in [0.25, 0.3) is 0 Å². The highest BCUT2D eigenvalue weighted by molar-refractivity contribution is 6.30. The number of hydrogen-bond acceptors (Lipinski definition) is 5. The molecule has 1 N–H and O–H groups in total. The van der Waals surface area contributed by atoms with Crippen LogP contribution in [0.4, 0.5) is 0 Å². The van der Waals surface area contributed by atoms with Crippen molar-refractivity contribution in [1.29, 1.82) is 5.26 Å². The molecule has 6 heteroatoms. The summed E-state index contributed by atoms with van der Waals surface area (Å²) in [4.78, 5) is 4.49. The Labute approximate surface area is 178 Å². The summed E-state index contributed by atoms with van der Waals surface area (Å²) in [6, 6.07) is 21.1. The summed E-state index contributed by atoms with van der Waals surface area (Å²) in [7, 11) is 0. The number of aliphatic hydroxyl groups is 1. The van der Waals surface area contributed by atoms with Gasteiger partial charge in [-0.15, -0.1) is 0 Å². The third-order valence-corrected chi connectivity index (χ3v) is 6.96. The van der Waals surface area contributed by atoms with Gasteiger partial charge in [-0.25, -0.2) is 0 Å². The Morgan fingerprint density at radius 3 is 2.57 bits per heavy atom. The largest absolute Gasteiger partial charge is 0.476 e. The molecule has 0 spiro atoms. The number of fused-ring (bicyclic) bond motifs is 5. The number of nitriles is 1. The minimum Gasteiger partial charge on any atom is -0.476 e. The van der Waals surface area contributed by atoms with E-state index in [-0.39, 0.29) is 11.8 Å². The fraction of sp³-hybridized carbons (Fsp3) is 0.250. The SMILES string of the molecule is N#Cc1ccc([C@@]23Oc4cc(Cl)cnc4[C@]2(O)[C@@H]2OC[C@@H]2[C@H]3c2ccccc2)cc1. The number of rotatable bonds is 2. The lowest BCUT2D eigenvalue weighted by Gasteiger charge is -2.40. The van der Waals surface area contributed by atoms with Gasteiger partial charge < -0.3 is 14.6 Å². The van der Waals surface area contributed by atoms with Crippen molar-refractivity contribution in [2.45, 2.75) is 23.2 Å². The smallest absolute Gasteiger partial charge is 0.181 e. The molecule has 0 unspecified atom stereocenters. The first-order valence-corrected chi connectivity index (χ1v) is 10.2. The van der Waals surface area contributed by atoms with Crippen LogP contribution in [0.3, 0.4) is 0 Å². The number of hydrogen-bond donors (Lipinski definition) is 1. The van der Waals surface area contributed by atoms with Gasteiger partial charge in [0.25, 0.3) is 0 Å². The Hall–Kier alpha value is -2.91. The Balaban J connectivity index is 1.65. The lowest BCUT2D eigenvalue weighted by Crippen LogP contribution is -2.54. The van der Waals surface area contributed by atoms with E-state index < -0.39 is 17.3 Å². The minimum absolute atomic E-state index is 0.0682. The van der Waals surface area contributed by atoms with E-state index in [1.807, 2.05) is 30.3 Å². The van der Waals surface area contributed by atoms with Gasteiger partial charge in [0.2, 0.25) is 0 Å². The molecular formula is C24H17ClN2O3. The highest BCUT2D eigenvalue weighted by atomic mass is 35.5. The van der Waals surface area contributed by atoms with Crippen molar-refractivity contribution in [2.75, 3.05) is 6.61 Å². The molecule has 6 rings (SSSR count). The van der Waals surface area contributed by atoms with Gasteiger partial charge in [-0.3, -0.25) is 4.98 Å². The van der Waals surface area contributed by atoms with Crippen molar-refractivity contribution in [3.63, 3.8) is 0 Å². The van der Waals surface area contributed by atoms with Crippen LogP contribution in [-0.4, -0.2) is 22.8 Å². The van der Waals surface area contributed by atoms with E-state index in [0.29, 0.717) is 28.6 Å². The second kappa shape index (κ2) is 6.05. The molecule has 2 fully saturated rings. The van der Waals surface area contributed by atoms with Crippen molar-refractivity contribution >= 4 is 11.6 Å². The average molecular weight is 417 g/mol. The van der Waals surface area contributed by atoms with Crippen molar-refractivity contribution in [3.05, 3.63) is 94.3 Å². The van der Waals surface area contributed by atoms with Gasteiger partial charge in [-0.2, -0.15) is 5.26 Å². The van der Waals surface area contributed by atoms with Crippen molar-refractivity contribution in [2.24, 2.45) is 5.92 Å². The average Bonchev–Trinajstić information content (AvgIpc) is 3.07. The van der Waals surface area contributed by atoms with Crippen molar-refractivity contribution in [3.8, 4) is 11.8 Å². The lowest BCUT2D eigenvalue weighted by molar-refractivity contribution is -0.208. The van der Waals surface area contributed by atoms with Crippen LogP contribution in [0.5, 0.6) is 5.75 Å². The standard InChI is InChI=1S/C24H17ClN2O3/c25-17-10-19-21(27-12-17)23(28)22-18(13-29-22)20(15-4-2-1-3-5-15)24(23,30-19)16-8-6-14(11-26)7-9-16/h1-10,12,18,20,22,28H,13H2/t18-,20-,22-,23+,24+/m1/s1. The van der Waals surface area contributed by atoms with E-state index in [4.69, 9.17) is 21.1 Å². The summed E-state index contributed by atoms with van der Waals surface area (Å²) in [6.45, 7) is 0.539. The summed E-state index contributed by atoms with van der Waals surface area (Å²) in [5.74, 6) is 0.367. The maximum atomic E-state index is 12.3. The zero-order valence-corrected chi connectivity index (χ0v) is 16.6. The van der Waals surface area contributed by atoms with Crippen LogP contribution in [0, 0.1) is 17.2 Å². The minimum atomic E-state index is -1.48. The Morgan fingerprint density at radius 1 is 1.13 bits per heavy atom. The summed E-state index contributed by atoms with van der Waals surface area (Å²) in [5.41, 5.74) is 0.215. The molecule has 5 nitrogen and oxygen atoms in total. The molecule has 148 valence electrons. The lowest BCUT2D eigenvalue weighted by atomic mass is 9.72. The zero-order valence-electron chi connectivity index (χ0n) is 15.8. The van der Waals surface area contributed by atoms with Gasteiger partial charge >= 0.3 is 0 Å². The molecule has 1 aromatic heterocycles. The Bertz CT molecular complexity index is 1190. The number of ether oxygens (including phenoxy) is 2. The molecule has 30 heavy (non-hydrogen) atoms. The maximum Gasteiger partial charge on any atom is 0.181 e. The first-order valence-electron chi connectivity index (χ1n) is 9.84. The molecule has 1 aliphatic carbocycles. The molecule has 0 radical (unpaired) electrons. The molecule has 0 bridgehead atoms. The van der Waals surface area contributed by atoms with Gasteiger partial charge in [0, 0.05) is 24.1 Å². The number of halogens is 1. The van der Waals surface area contributed by atoms with Crippen LogP contribution in [0.2, 0.25) is 5.02 Å². The molecule has 5 atom stereocenters. The Kier molecular flexibility index (Phi) is 3.61. The Morgan fingerprint density at radius 2 is 1.90 bits per heavy atom. The number of pyridine rings is 1. The quantitative estimate of drug-likeness (QED) is 0.685. The summed E-state index contributed by atoms with van der Waals surface area (Å²) >= 11 is 6.20. The molecule has 2 aromatic carbocycles. The van der Waals surface area contributed by atoms with E-state index in [0.717, 1.165) is 11.1 Å². The topological polar surface area (TPSA) is 75.4 Å². The third-order valence-electron chi connectivity index (χ3n) is 6.75. The van der Waals surface area contributed by atoms with E-state index in [2.05, 4.69) is 23.2 Å². The zero-order chi connectivity index (χ0) is 20.5. The van der Waals surface area contributed by atoms with Crippen molar-refractivity contribution in [1.82, 2.24) is 4.98 Å². The summed E-state index contributed by atoms with van der Waals surface area (Å²) in [5, 5.41) is 22.0. The fourth-order valence-corrected chi connectivity index (χ4v) is 5.71. The van der Waals surface area contributed by atoms with Gasteiger partial charge in [-0.05, 0) is 23.3 Å². The van der Waals surface area contributed by atoms with Crippen molar-refractivity contribution < 1.29 is 14.6 Å². The van der Waals surface area contributed by atoms with E-state index >= 15 is 0 Å². The highest BCUT2D eigenvalue weighted by Gasteiger charge is 2.79. The van der Waals surface area contributed by atoms with E-state index in [9.17, 15) is 10.4 Å². The predicted molar refractivity (Wildman–Crippen MR) is 109 cm³/mol. The molecule has 1 saturated heterocycles. The molecule has 2 aliphatic heterocycles. The molecule has 0 amide bonds. The normalized spacial score (nSPS) is 32.9. The summed E-state index contributed by atoms with van der Waals surface area (Å²) < 4.78 is 12.6. The number of nitrogens with zero attached hydrogens (tertiary/aromatic N) is 2. The third kappa shape index (κ3) is 2.01.